The molecule has 1 aromatic carbocycles. The van der Waals surface area contributed by atoms with E-state index < -0.39 is 0 Å². The molecule has 0 aliphatic carbocycles. The van der Waals surface area contributed by atoms with Crippen LogP contribution < -0.4 is 0 Å². The van der Waals surface area contributed by atoms with Gasteiger partial charge in [-0.25, -0.2) is 4.39 Å². The van der Waals surface area contributed by atoms with Gasteiger partial charge in [-0.2, -0.15) is 0 Å². The summed E-state index contributed by atoms with van der Waals surface area (Å²) in [5.41, 5.74) is 1.88. The molecule has 11 heavy (non-hydrogen) atoms. The molecule has 0 atom stereocenters. The highest BCUT2D eigenvalue weighted by molar-refractivity contribution is 5.24. The highest BCUT2D eigenvalue weighted by Gasteiger charge is 1.99. The normalized spacial score (nSPS) is 10.1. The first-order chi connectivity index (χ1) is 5.27. The molecule has 1 heteroatoms. The van der Waals surface area contributed by atoms with E-state index in [1.54, 1.807) is 6.07 Å². The molecule has 0 fully saturated rings. The van der Waals surface area contributed by atoms with Crippen LogP contribution in [0.2, 0.25) is 0 Å². The molecular formula is C10H13F. The lowest BCUT2D eigenvalue weighted by atomic mass is 10.1. The van der Waals surface area contributed by atoms with Gasteiger partial charge < -0.3 is 0 Å². The third kappa shape index (κ3) is 1.79. The number of benzene rings is 1. The Morgan fingerprint density at radius 3 is 2.36 bits per heavy atom. The lowest BCUT2D eigenvalue weighted by Crippen LogP contribution is -1.89. The van der Waals surface area contributed by atoms with Gasteiger partial charge in [-0.15, -0.1) is 0 Å². The Hall–Kier alpha value is -0.850. The quantitative estimate of drug-likeness (QED) is 0.611. The van der Waals surface area contributed by atoms with Gasteiger partial charge in [0.05, 0.1) is 0 Å². The SMILES string of the molecule is CCc1ccc(CC)c(F)c1. The molecule has 0 unspecified atom stereocenters. The van der Waals surface area contributed by atoms with Crippen molar-refractivity contribution in [1.29, 1.82) is 0 Å². The zero-order valence-corrected chi connectivity index (χ0v) is 7.02. The molecule has 0 nitrogen and oxygen atoms in total. The van der Waals surface area contributed by atoms with Gasteiger partial charge in [0, 0.05) is 0 Å². The molecule has 0 N–H and O–H groups in total. The van der Waals surface area contributed by atoms with Crippen LogP contribution in [-0.2, 0) is 12.8 Å². The van der Waals surface area contributed by atoms with Gasteiger partial charge in [0.2, 0.25) is 0 Å². The van der Waals surface area contributed by atoms with E-state index in [-0.39, 0.29) is 5.82 Å². The van der Waals surface area contributed by atoms with Gasteiger partial charge in [-0.1, -0.05) is 26.0 Å². The summed E-state index contributed by atoms with van der Waals surface area (Å²) >= 11 is 0. The summed E-state index contributed by atoms with van der Waals surface area (Å²) in [6, 6.07) is 5.48. The van der Waals surface area contributed by atoms with Crippen LogP contribution in [0.15, 0.2) is 18.2 Å². The Labute approximate surface area is 67.1 Å². The van der Waals surface area contributed by atoms with Crippen molar-refractivity contribution >= 4 is 0 Å². The zero-order chi connectivity index (χ0) is 8.27. The molecule has 1 rings (SSSR count). The second kappa shape index (κ2) is 3.51. The smallest absolute Gasteiger partial charge is 0.126 e. The van der Waals surface area contributed by atoms with Gasteiger partial charge in [-0.3, -0.25) is 0 Å². The van der Waals surface area contributed by atoms with Crippen LogP contribution >= 0.6 is 0 Å². The van der Waals surface area contributed by atoms with E-state index >= 15 is 0 Å². The molecule has 60 valence electrons. The van der Waals surface area contributed by atoms with Crippen LogP contribution in [0.1, 0.15) is 25.0 Å². The summed E-state index contributed by atoms with van der Waals surface area (Å²) < 4.78 is 13.0. The van der Waals surface area contributed by atoms with Crippen molar-refractivity contribution < 1.29 is 4.39 Å². The highest BCUT2D eigenvalue weighted by atomic mass is 19.1. The Bertz CT molecular complexity index is 241. The van der Waals surface area contributed by atoms with Crippen molar-refractivity contribution in [3.63, 3.8) is 0 Å². The molecule has 0 spiro atoms. The van der Waals surface area contributed by atoms with Crippen molar-refractivity contribution in [2.75, 3.05) is 0 Å². The number of aryl methyl sites for hydroxylation is 2. The molecule has 0 saturated carbocycles. The van der Waals surface area contributed by atoms with Crippen molar-refractivity contribution in [3.8, 4) is 0 Å². The fourth-order valence-corrected chi connectivity index (χ4v) is 1.10. The third-order valence-electron chi connectivity index (χ3n) is 1.91. The van der Waals surface area contributed by atoms with E-state index in [1.807, 2.05) is 26.0 Å². The maximum Gasteiger partial charge on any atom is 0.126 e. The van der Waals surface area contributed by atoms with Crippen molar-refractivity contribution in [2.45, 2.75) is 26.7 Å². The van der Waals surface area contributed by atoms with Crippen LogP contribution in [0.3, 0.4) is 0 Å². The summed E-state index contributed by atoms with van der Waals surface area (Å²) in [4.78, 5) is 0. The summed E-state index contributed by atoms with van der Waals surface area (Å²) in [5, 5.41) is 0. The molecule has 0 aliphatic rings. The maximum atomic E-state index is 13.0. The predicted octanol–water partition coefficient (Wildman–Crippen LogP) is 2.95. The molecule has 0 saturated heterocycles. The lowest BCUT2D eigenvalue weighted by Gasteiger charge is -2.01. The number of hydrogen-bond donors (Lipinski definition) is 0. The molecule has 0 aromatic heterocycles. The standard InChI is InChI=1S/C10H13F/c1-3-8-5-6-9(4-2)10(11)7-8/h5-7H,3-4H2,1-2H3. The average Bonchev–Trinajstić information content (AvgIpc) is 2.04. The van der Waals surface area contributed by atoms with Crippen LogP contribution in [0.5, 0.6) is 0 Å². The fraction of sp³-hybridized carbons (Fsp3) is 0.400. The Morgan fingerprint density at radius 1 is 1.18 bits per heavy atom. The first-order valence-electron chi connectivity index (χ1n) is 4.05. The highest BCUT2D eigenvalue weighted by Crippen LogP contribution is 2.10. The Balaban J connectivity index is 2.99. The molecule has 1 aromatic rings. The first-order valence-corrected chi connectivity index (χ1v) is 4.05. The minimum Gasteiger partial charge on any atom is -0.207 e. The molecule has 0 amide bonds. The van der Waals surface area contributed by atoms with Crippen molar-refractivity contribution in [2.24, 2.45) is 0 Å². The monoisotopic (exact) mass is 152 g/mol. The van der Waals surface area contributed by atoms with Gasteiger partial charge in [0.25, 0.3) is 0 Å². The van der Waals surface area contributed by atoms with E-state index in [2.05, 4.69) is 0 Å². The fourth-order valence-electron chi connectivity index (χ4n) is 1.10. The topological polar surface area (TPSA) is 0 Å². The van der Waals surface area contributed by atoms with E-state index in [9.17, 15) is 4.39 Å². The van der Waals surface area contributed by atoms with E-state index in [1.165, 1.54) is 0 Å². The summed E-state index contributed by atoms with van der Waals surface area (Å²) in [5.74, 6) is -0.0631. The minimum absolute atomic E-state index is 0.0631. The average molecular weight is 152 g/mol. The largest absolute Gasteiger partial charge is 0.207 e. The number of rotatable bonds is 2. The third-order valence-corrected chi connectivity index (χ3v) is 1.91. The molecule has 0 radical (unpaired) electrons. The molecular weight excluding hydrogens is 139 g/mol. The summed E-state index contributed by atoms with van der Waals surface area (Å²) in [7, 11) is 0. The van der Waals surface area contributed by atoms with Crippen LogP contribution in [0.4, 0.5) is 4.39 Å². The Kier molecular flexibility index (Phi) is 2.64. The summed E-state index contributed by atoms with van der Waals surface area (Å²) in [6.07, 6.45) is 1.68. The van der Waals surface area contributed by atoms with Gasteiger partial charge >= 0.3 is 0 Å². The van der Waals surface area contributed by atoms with Crippen molar-refractivity contribution in [3.05, 3.63) is 35.1 Å². The van der Waals surface area contributed by atoms with Gasteiger partial charge in [-0.05, 0) is 30.0 Å². The summed E-state index contributed by atoms with van der Waals surface area (Å²) in [6.45, 7) is 3.99. The molecule has 0 aliphatic heterocycles. The van der Waals surface area contributed by atoms with Crippen LogP contribution in [0, 0.1) is 5.82 Å². The van der Waals surface area contributed by atoms with Crippen LogP contribution in [-0.4, -0.2) is 0 Å². The van der Waals surface area contributed by atoms with Gasteiger partial charge in [0.15, 0.2) is 0 Å². The van der Waals surface area contributed by atoms with E-state index in [0.29, 0.717) is 0 Å². The van der Waals surface area contributed by atoms with E-state index in [4.69, 9.17) is 0 Å². The second-order valence-electron chi connectivity index (χ2n) is 2.63. The number of hydrogen-bond acceptors (Lipinski definition) is 0. The lowest BCUT2D eigenvalue weighted by molar-refractivity contribution is 0.610. The first kappa shape index (κ1) is 8.25. The number of halogens is 1. The predicted molar refractivity (Wildman–Crippen MR) is 45.2 cm³/mol. The molecule has 0 heterocycles. The maximum absolute atomic E-state index is 13.0. The minimum atomic E-state index is -0.0631. The Morgan fingerprint density at radius 2 is 1.91 bits per heavy atom. The van der Waals surface area contributed by atoms with Crippen LogP contribution in [0.25, 0.3) is 0 Å². The zero-order valence-electron chi connectivity index (χ0n) is 7.02. The van der Waals surface area contributed by atoms with Crippen molar-refractivity contribution in [1.82, 2.24) is 0 Å². The molecule has 0 bridgehead atoms. The second-order valence-corrected chi connectivity index (χ2v) is 2.63. The van der Waals surface area contributed by atoms with Gasteiger partial charge in [0.1, 0.15) is 5.82 Å². The van der Waals surface area contributed by atoms with E-state index in [0.717, 1.165) is 24.0 Å².